The van der Waals surface area contributed by atoms with Gasteiger partial charge in [0, 0.05) is 26.2 Å². The SMILES string of the molecule is Cc1ccccc1N1C(=O)C[C@H](N2CCN(S(=O)(=O)c3c(C)c(C)cc(C)c3C)CC2)C1=O. The van der Waals surface area contributed by atoms with E-state index in [1.807, 2.05) is 63.8 Å². The number of aryl methyl sites for hydroxylation is 3. The van der Waals surface area contributed by atoms with Crippen molar-refractivity contribution in [3.05, 3.63) is 58.1 Å². The Labute approximate surface area is 196 Å². The summed E-state index contributed by atoms with van der Waals surface area (Å²) >= 11 is 0. The first-order valence-corrected chi connectivity index (χ1v) is 12.7. The molecule has 0 aromatic heterocycles. The molecule has 2 aliphatic heterocycles. The summed E-state index contributed by atoms with van der Waals surface area (Å²) in [5.41, 5.74) is 4.98. The van der Waals surface area contributed by atoms with Crippen molar-refractivity contribution in [1.29, 1.82) is 0 Å². The zero-order chi connectivity index (χ0) is 24.1. The summed E-state index contributed by atoms with van der Waals surface area (Å²) in [5.74, 6) is -0.442. The summed E-state index contributed by atoms with van der Waals surface area (Å²) in [4.78, 5) is 29.5. The number of carbonyl (C=O) groups is 2. The standard InChI is InChI=1S/C25H31N3O4S/c1-16-8-6-7-9-21(16)28-23(29)15-22(25(28)30)26-10-12-27(13-11-26)33(31,32)24-19(4)17(2)14-18(3)20(24)5/h6-9,14,22H,10-13,15H2,1-5H3/t22-/m0/s1. The predicted octanol–water partition coefficient (Wildman–Crippen LogP) is 2.87. The van der Waals surface area contributed by atoms with Gasteiger partial charge in [0.2, 0.25) is 15.9 Å². The van der Waals surface area contributed by atoms with Gasteiger partial charge < -0.3 is 0 Å². The number of imide groups is 1. The summed E-state index contributed by atoms with van der Waals surface area (Å²) in [7, 11) is -3.65. The number of anilines is 1. The molecule has 2 amide bonds. The molecule has 2 aromatic carbocycles. The number of rotatable bonds is 4. The highest BCUT2D eigenvalue weighted by molar-refractivity contribution is 7.89. The van der Waals surface area contributed by atoms with E-state index in [9.17, 15) is 18.0 Å². The summed E-state index contributed by atoms with van der Waals surface area (Å²) in [6.07, 6.45) is 0.120. The maximum atomic E-state index is 13.5. The van der Waals surface area contributed by atoms with Gasteiger partial charge in [-0.15, -0.1) is 0 Å². The van der Waals surface area contributed by atoms with Crippen LogP contribution < -0.4 is 4.90 Å². The molecule has 2 fully saturated rings. The van der Waals surface area contributed by atoms with E-state index in [1.54, 1.807) is 6.07 Å². The number of piperazine rings is 1. The van der Waals surface area contributed by atoms with E-state index in [0.717, 1.165) is 27.8 Å². The van der Waals surface area contributed by atoms with Crippen LogP contribution in [0.2, 0.25) is 0 Å². The first-order chi connectivity index (χ1) is 15.5. The fraction of sp³-hybridized carbons (Fsp3) is 0.440. The molecule has 0 saturated carbocycles. The predicted molar refractivity (Wildman–Crippen MR) is 128 cm³/mol. The lowest BCUT2D eigenvalue weighted by atomic mass is 10.0. The van der Waals surface area contributed by atoms with Gasteiger partial charge in [-0.1, -0.05) is 24.3 Å². The lowest BCUT2D eigenvalue weighted by Crippen LogP contribution is -2.53. The second-order valence-corrected chi connectivity index (χ2v) is 11.0. The fourth-order valence-corrected chi connectivity index (χ4v) is 6.92. The van der Waals surface area contributed by atoms with E-state index >= 15 is 0 Å². The highest BCUT2D eigenvalue weighted by Gasteiger charge is 2.44. The third-order valence-electron chi connectivity index (χ3n) is 7.09. The minimum atomic E-state index is -3.65. The van der Waals surface area contributed by atoms with Gasteiger partial charge >= 0.3 is 0 Å². The molecule has 0 unspecified atom stereocenters. The van der Waals surface area contributed by atoms with Crippen molar-refractivity contribution in [1.82, 2.24) is 9.21 Å². The number of hydrogen-bond donors (Lipinski definition) is 0. The van der Waals surface area contributed by atoms with Gasteiger partial charge in [-0.05, 0) is 68.5 Å². The van der Waals surface area contributed by atoms with E-state index in [0.29, 0.717) is 23.7 Å². The Kier molecular flexibility index (Phi) is 6.20. The third kappa shape index (κ3) is 4.00. The van der Waals surface area contributed by atoms with Crippen molar-refractivity contribution >= 4 is 27.5 Å². The zero-order valence-electron chi connectivity index (χ0n) is 19.9. The molecule has 2 aliphatic rings. The van der Waals surface area contributed by atoms with Crippen molar-refractivity contribution in [2.75, 3.05) is 31.1 Å². The lowest BCUT2D eigenvalue weighted by molar-refractivity contribution is -0.123. The number of para-hydroxylation sites is 1. The van der Waals surface area contributed by atoms with Crippen molar-refractivity contribution < 1.29 is 18.0 Å². The Balaban J connectivity index is 1.52. The summed E-state index contributed by atoms with van der Waals surface area (Å²) < 4.78 is 28.6. The number of nitrogens with zero attached hydrogens (tertiary/aromatic N) is 3. The van der Waals surface area contributed by atoms with Crippen LogP contribution in [0, 0.1) is 34.6 Å². The average Bonchev–Trinajstić information content (AvgIpc) is 3.07. The minimum absolute atomic E-state index is 0.120. The topological polar surface area (TPSA) is 78.0 Å². The number of benzene rings is 2. The first-order valence-electron chi connectivity index (χ1n) is 11.3. The number of sulfonamides is 1. The smallest absolute Gasteiger partial charge is 0.251 e. The van der Waals surface area contributed by atoms with Gasteiger partial charge in [-0.25, -0.2) is 13.3 Å². The molecule has 1 atom stereocenters. The van der Waals surface area contributed by atoms with Crippen LogP contribution >= 0.6 is 0 Å². The van der Waals surface area contributed by atoms with Gasteiger partial charge in [0.15, 0.2) is 0 Å². The van der Waals surface area contributed by atoms with E-state index in [2.05, 4.69) is 0 Å². The number of hydrogen-bond acceptors (Lipinski definition) is 5. The van der Waals surface area contributed by atoms with Crippen molar-refractivity contribution in [3.63, 3.8) is 0 Å². The molecule has 0 radical (unpaired) electrons. The quantitative estimate of drug-likeness (QED) is 0.644. The van der Waals surface area contributed by atoms with Crippen molar-refractivity contribution in [2.45, 2.75) is 52.0 Å². The van der Waals surface area contributed by atoms with Crippen LogP contribution in [0.5, 0.6) is 0 Å². The molecule has 2 aromatic rings. The monoisotopic (exact) mass is 469 g/mol. The molecule has 8 heteroatoms. The zero-order valence-corrected chi connectivity index (χ0v) is 20.7. The number of amides is 2. The van der Waals surface area contributed by atoms with Gasteiger partial charge in [-0.3, -0.25) is 14.5 Å². The molecular weight excluding hydrogens is 438 g/mol. The van der Waals surface area contributed by atoms with Gasteiger partial charge in [0.05, 0.1) is 23.0 Å². The van der Waals surface area contributed by atoms with Crippen LogP contribution in [0.25, 0.3) is 0 Å². The molecule has 7 nitrogen and oxygen atoms in total. The van der Waals surface area contributed by atoms with E-state index in [-0.39, 0.29) is 31.3 Å². The molecule has 0 bridgehead atoms. The number of carbonyl (C=O) groups excluding carboxylic acids is 2. The Morgan fingerprint density at radius 3 is 1.97 bits per heavy atom. The Morgan fingerprint density at radius 1 is 0.818 bits per heavy atom. The molecule has 2 saturated heterocycles. The highest BCUT2D eigenvalue weighted by Crippen LogP contribution is 2.31. The third-order valence-corrected chi connectivity index (χ3v) is 9.26. The average molecular weight is 470 g/mol. The summed E-state index contributed by atoms with van der Waals surface area (Å²) in [6.45, 7) is 10.8. The van der Waals surface area contributed by atoms with Crippen LogP contribution in [0.15, 0.2) is 35.2 Å². The van der Waals surface area contributed by atoms with E-state index in [1.165, 1.54) is 9.21 Å². The first kappa shape index (κ1) is 23.6. The summed E-state index contributed by atoms with van der Waals surface area (Å²) in [6, 6.07) is 8.82. The van der Waals surface area contributed by atoms with Crippen LogP contribution in [0.1, 0.15) is 34.2 Å². The molecule has 0 spiro atoms. The van der Waals surface area contributed by atoms with Crippen molar-refractivity contribution in [2.24, 2.45) is 0 Å². The normalized spacial score (nSPS) is 20.6. The second kappa shape index (κ2) is 8.66. The summed E-state index contributed by atoms with van der Waals surface area (Å²) in [5, 5.41) is 0. The molecule has 2 heterocycles. The maximum absolute atomic E-state index is 13.5. The molecular formula is C25H31N3O4S. The van der Waals surface area contributed by atoms with E-state index < -0.39 is 16.1 Å². The highest BCUT2D eigenvalue weighted by atomic mass is 32.2. The Morgan fingerprint density at radius 2 is 1.39 bits per heavy atom. The van der Waals surface area contributed by atoms with Crippen LogP contribution in [0.3, 0.4) is 0 Å². The minimum Gasteiger partial charge on any atom is -0.289 e. The van der Waals surface area contributed by atoms with Crippen LogP contribution in [0.4, 0.5) is 5.69 Å². The van der Waals surface area contributed by atoms with Gasteiger partial charge in [-0.2, -0.15) is 4.31 Å². The molecule has 4 rings (SSSR count). The maximum Gasteiger partial charge on any atom is 0.251 e. The van der Waals surface area contributed by atoms with Gasteiger partial charge in [0.1, 0.15) is 0 Å². The molecule has 33 heavy (non-hydrogen) atoms. The van der Waals surface area contributed by atoms with Crippen molar-refractivity contribution in [3.8, 4) is 0 Å². The van der Waals surface area contributed by atoms with E-state index in [4.69, 9.17) is 0 Å². The largest absolute Gasteiger partial charge is 0.289 e. The second-order valence-electron chi connectivity index (χ2n) is 9.10. The van der Waals surface area contributed by atoms with Crippen LogP contribution in [-0.4, -0.2) is 61.7 Å². The lowest BCUT2D eigenvalue weighted by Gasteiger charge is -2.36. The molecule has 176 valence electrons. The van der Waals surface area contributed by atoms with Crippen LogP contribution in [-0.2, 0) is 19.6 Å². The van der Waals surface area contributed by atoms with Gasteiger partial charge in [0.25, 0.3) is 5.91 Å². The fourth-order valence-electron chi connectivity index (χ4n) is 4.92. The Hall–Kier alpha value is -2.55. The Bertz CT molecular complexity index is 1200. The molecule has 0 N–H and O–H groups in total. The molecule has 0 aliphatic carbocycles.